The zero-order valence-corrected chi connectivity index (χ0v) is 19.8. The lowest BCUT2D eigenvalue weighted by molar-refractivity contribution is -0.274. The fourth-order valence-electron chi connectivity index (χ4n) is 3.94. The quantitative estimate of drug-likeness (QED) is 0.417. The predicted octanol–water partition coefficient (Wildman–Crippen LogP) is 4.60. The molecule has 38 heavy (non-hydrogen) atoms. The van der Waals surface area contributed by atoms with Gasteiger partial charge in [0.25, 0.3) is 0 Å². The molecule has 0 spiro atoms. The van der Waals surface area contributed by atoms with Gasteiger partial charge in [-0.3, -0.25) is 0 Å². The summed E-state index contributed by atoms with van der Waals surface area (Å²) < 4.78 is 83.2. The Morgan fingerprint density at radius 3 is 2.42 bits per heavy atom. The third-order valence-electron chi connectivity index (χ3n) is 5.71. The number of aromatic nitrogens is 3. The maximum Gasteiger partial charge on any atom is 0.573 e. The number of carboxylic acid groups (broad SMARTS) is 1. The summed E-state index contributed by atoms with van der Waals surface area (Å²) in [5.74, 6) is -2.23. The SMILES string of the molecule is CN1CCN(c2ccc(OC(F)(F)F)c(Nc3nccc(-c4cc(C(=O)O)cn4CC(F)(F)F)n3)c2)CC1. The van der Waals surface area contributed by atoms with Crippen LogP contribution in [0.1, 0.15) is 10.4 Å². The number of anilines is 3. The summed E-state index contributed by atoms with van der Waals surface area (Å²) in [6.45, 7) is 1.32. The van der Waals surface area contributed by atoms with Gasteiger partial charge in [0.15, 0.2) is 5.75 Å². The minimum absolute atomic E-state index is 0.0761. The average Bonchev–Trinajstić information content (AvgIpc) is 3.22. The van der Waals surface area contributed by atoms with Crippen LogP contribution in [-0.2, 0) is 6.54 Å². The molecule has 0 atom stereocenters. The smallest absolute Gasteiger partial charge is 0.478 e. The fraction of sp³-hybridized carbons (Fsp3) is 0.348. The minimum Gasteiger partial charge on any atom is -0.478 e. The van der Waals surface area contributed by atoms with E-state index >= 15 is 0 Å². The molecule has 2 aromatic heterocycles. The van der Waals surface area contributed by atoms with Gasteiger partial charge in [-0.05, 0) is 37.4 Å². The molecule has 0 aliphatic carbocycles. The number of likely N-dealkylation sites (N-methyl/N-ethyl adjacent to an activating group) is 1. The summed E-state index contributed by atoms with van der Waals surface area (Å²) in [5, 5.41) is 11.9. The Morgan fingerprint density at radius 1 is 1.08 bits per heavy atom. The topological polar surface area (TPSA) is 95.8 Å². The Labute approximate surface area is 212 Å². The summed E-state index contributed by atoms with van der Waals surface area (Å²) in [6.07, 6.45) is -7.62. The molecule has 3 aromatic rings. The fourth-order valence-corrected chi connectivity index (χ4v) is 3.94. The molecule has 2 N–H and O–H groups in total. The number of carboxylic acids is 1. The summed E-state index contributed by atoms with van der Waals surface area (Å²) in [5.41, 5.74) is -0.127. The van der Waals surface area contributed by atoms with Gasteiger partial charge in [0, 0.05) is 44.3 Å². The van der Waals surface area contributed by atoms with Gasteiger partial charge in [0.1, 0.15) is 6.54 Å². The molecule has 0 unspecified atom stereocenters. The van der Waals surface area contributed by atoms with E-state index in [-0.39, 0.29) is 23.0 Å². The Morgan fingerprint density at radius 2 is 1.79 bits per heavy atom. The van der Waals surface area contributed by atoms with Crippen LogP contribution in [0.15, 0.2) is 42.7 Å². The number of piperazine rings is 1. The second kappa shape index (κ2) is 10.4. The zero-order chi connectivity index (χ0) is 27.7. The first-order valence-electron chi connectivity index (χ1n) is 11.2. The Bertz CT molecular complexity index is 1300. The van der Waals surface area contributed by atoms with Crippen molar-refractivity contribution in [1.82, 2.24) is 19.4 Å². The first-order chi connectivity index (χ1) is 17.8. The molecule has 0 radical (unpaired) electrons. The van der Waals surface area contributed by atoms with Crippen LogP contribution in [0.5, 0.6) is 5.75 Å². The van der Waals surface area contributed by atoms with Crippen molar-refractivity contribution < 1.29 is 41.0 Å². The van der Waals surface area contributed by atoms with E-state index < -0.39 is 36.4 Å². The predicted molar refractivity (Wildman–Crippen MR) is 125 cm³/mol. The number of aromatic carboxylic acids is 1. The van der Waals surface area contributed by atoms with Crippen molar-refractivity contribution in [2.75, 3.05) is 43.4 Å². The molecule has 1 fully saturated rings. The number of halogens is 6. The molecule has 15 heteroatoms. The molecule has 1 aromatic carbocycles. The number of alkyl halides is 6. The van der Waals surface area contributed by atoms with Gasteiger partial charge >= 0.3 is 18.5 Å². The maximum atomic E-state index is 13.1. The van der Waals surface area contributed by atoms with Crippen molar-refractivity contribution in [2.24, 2.45) is 0 Å². The molecule has 204 valence electrons. The molecule has 1 aliphatic rings. The molecule has 1 aliphatic heterocycles. The van der Waals surface area contributed by atoms with Crippen LogP contribution in [0.3, 0.4) is 0 Å². The van der Waals surface area contributed by atoms with Gasteiger partial charge < -0.3 is 29.5 Å². The molecule has 3 heterocycles. The molecular weight excluding hydrogens is 522 g/mol. The number of hydrogen-bond donors (Lipinski definition) is 2. The Hall–Kier alpha value is -4.01. The summed E-state index contributed by atoms with van der Waals surface area (Å²) in [6, 6.07) is 6.36. The standard InChI is InChI=1S/C23H22F6N6O3/c1-33-6-8-34(9-7-33)15-2-3-19(38-23(27,28)29)17(11-15)32-21-30-5-4-16(31-21)18-10-14(20(36)37)12-35(18)13-22(24,25)26/h2-5,10-12H,6-9,13H2,1H3,(H,36,37)(H,30,31,32). The molecule has 0 amide bonds. The van der Waals surface area contributed by atoms with Gasteiger partial charge in [-0.1, -0.05) is 0 Å². The van der Waals surface area contributed by atoms with Crippen molar-refractivity contribution in [1.29, 1.82) is 0 Å². The van der Waals surface area contributed by atoms with E-state index in [2.05, 4.69) is 24.9 Å². The van der Waals surface area contributed by atoms with E-state index in [4.69, 9.17) is 0 Å². The Balaban J connectivity index is 1.69. The van der Waals surface area contributed by atoms with Crippen LogP contribution >= 0.6 is 0 Å². The lowest BCUT2D eigenvalue weighted by Crippen LogP contribution is -2.44. The van der Waals surface area contributed by atoms with Gasteiger partial charge in [0.2, 0.25) is 5.95 Å². The van der Waals surface area contributed by atoms with Crippen molar-refractivity contribution >= 4 is 23.3 Å². The second-order valence-corrected chi connectivity index (χ2v) is 8.57. The largest absolute Gasteiger partial charge is 0.573 e. The van der Waals surface area contributed by atoms with E-state index in [1.54, 1.807) is 0 Å². The van der Waals surface area contributed by atoms with Crippen molar-refractivity contribution in [3.05, 3.63) is 48.3 Å². The highest BCUT2D eigenvalue weighted by atomic mass is 19.4. The van der Waals surface area contributed by atoms with Crippen molar-refractivity contribution in [3.8, 4) is 17.1 Å². The number of rotatable bonds is 7. The van der Waals surface area contributed by atoms with Gasteiger partial charge in [-0.15, -0.1) is 13.2 Å². The first-order valence-corrected chi connectivity index (χ1v) is 11.2. The van der Waals surface area contributed by atoms with Gasteiger partial charge in [0.05, 0.1) is 22.6 Å². The van der Waals surface area contributed by atoms with Crippen LogP contribution < -0.4 is 15.0 Å². The second-order valence-electron chi connectivity index (χ2n) is 8.57. The van der Waals surface area contributed by atoms with E-state index in [1.807, 2.05) is 11.9 Å². The number of nitrogens with one attached hydrogen (secondary N) is 1. The summed E-state index contributed by atoms with van der Waals surface area (Å²) in [4.78, 5) is 23.5. The summed E-state index contributed by atoms with van der Waals surface area (Å²) >= 11 is 0. The lowest BCUT2D eigenvalue weighted by Gasteiger charge is -2.34. The molecule has 9 nitrogen and oxygen atoms in total. The maximum absolute atomic E-state index is 13.1. The first kappa shape index (κ1) is 27.0. The van der Waals surface area contributed by atoms with Gasteiger partial charge in [-0.25, -0.2) is 14.8 Å². The Kier molecular flexibility index (Phi) is 7.40. The molecule has 4 rings (SSSR count). The average molecular weight is 544 g/mol. The van der Waals surface area contributed by atoms with Gasteiger partial charge in [-0.2, -0.15) is 13.2 Å². The lowest BCUT2D eigenvalue weighted by atomic mass is 10.2. The van der Waals surface area contributed by atoms with E-state index in [1.165, 1.54) is 24.4 Å². The number of ether oxygens (including phenoxy) is 1. The van der Waals surface area contributed by atoms with Crippen LogP contribution in [0, 0.1) is 0 Å². The normalized spacial score (nSPS) is 15.0. The minimum atomic E-state index is -4.99. The van der Waals surface area contributed by atoms with E-state index in [0.29, 0.717) is 23.3 Å². The molecule has 1 saturated heterocycles. The van der Waals surface area contributed by atoms with Crippen LogP contribution in [0.4, 0.5) is 43.7 Å². The van der Waals surface area contributed by atoms with Crippen molar-refractivity contribution in [3.63, 3.8) is 0 Å². The molecular formula is C23H22F6N6O3. The highest BCUT2D eigenvalue weighted by Gasteiger charge is 2.33. The summed E-state index contributed by atoms with van der Waals surface area (Å²) in [7, 11) is 1.96. The van der Waals surface area contributed by atoms with Crippen LogP contribution in [0.2, 0.25) is 0 Å². The van der Waals surface area contributed by atoms with Crippen LogP contribution in [-0.4, -0.2) is 76.3 Å². The van der Waals surface area contributed by atoms with E-state index in [9.17, 15) is 36.2 Å². The third-order valence-corrected chi connectivity index (χ3v) is 5.71. The van der Waals surface area contributed by atoms with Crippen LogP contribution in [0.25, 0.3) is 11.4 Å². The number of benzene rings is 1. The van der Waals surface area contributed by atoms with Crippen molar-refractivity contribution in [2.45, 2.75) is 19.1 Å². The van der Waals surface area contributed by atoms with E-state index in [0.717, 1.165) is 31.4 Å². The number of nitrogens with zero attached hydrogens (tertiary/aromatic N) is 5. The molecule has 0 saturated carbocycles. The monoisotopic (exact) mass is 544 g/mol. The highest BCUT2D eigenvalue weighted by molar-refractivity contribution is 5.89. The third kappa shape index (κ3) is 6.85. The zero-order valence-electron chi connectivity index (χ0n) is 19.8. The number of carbonyl (C=O) groups is 1. The molecule has 0 bridgehead atoms. The highest BCUT2D eigenvalue weighted by Crippen LogP contribution is 2.36. The number of hydrogen-bond acceptors (Lipinski definition) is 7.